The van der Waals surface area contributed by atoms with Gasteiger partial charge in [0.25, 0.3) is 0 Å². The summed E-state index contributed by atoms with van der Waals surface area (Å²) in [5.74, 6) is -0.840. The number of aliphatic carboxylic acids is 1. The van der Waals surface area contributed by atoms with Gasteiger partial charge in [-0.25, -0.2) is 0 Å². The summed E-state index contributed by atoms with van der Waals surface area (Å²) in [6, 6.07) is 0. The van der Waals surface area contributed by atoms with Gasteiger partial charge in [-0.1, -0.05) is 0 Å². The van der Waals surface area contributed by atoms with Crippen molar-refractivity contribution >= 4 is 10.1 Å². The van der Waals surface area contributed by atoms with Crippen molar-refractivity contribution in [2.45, 2.75) is 0 Å². The number of carboxylic acids is 1. The van der Waals surface area contributed by atoms with Crippen LogP contribution in [0.3, 0.4) is 0 Å². The van der Waals surface area contributed by atoms with Crippen LogP contribution >= 0.6 is 0 Å². The van der Waals surface area contributed by atoms with Crippen molar-refractivity contribution in [1.29, 1.82) is 0 Å². The van der Waals surface area contributed by atoms with Gasteiger partial charge in [-0.15, -0.1) is 0 Å². The topological polar surface area (TPSA) is 37.3 Å². The fourth-order valence-electron chi connectivity index (χ4n) is 0.255. The Morgan fingerprint density at radius 2 is 2.22 bits per heavy atom. The molecule has 0 aliphatic rings. The molecule has 3 heteroatoms. The Bertz CT molecular complexity index is 170. The number of carboxylic acid groups (broad SMARTS) is 1. The Hall–Kier alpha value is -0.557. The zero-order valence-electron chi connectivity index (χ0n) is 5.00. The average molecular weight is 176 g/mol. The van der Waals surface area contributed by atoms with Crippen LogP contribution in [0.15, 0.2) is 24.8 Å². The molecule has 0 radical (unpaired) electrons. The molecule has 1 N–H and O–H groups in total. The number of carbonyl (C=O) groups is 1. The van der Waals surface area contributed by atoms with Gasteiger partial charge >= 0.3 is 62.6 Å². The average Bonchev–Trinajstić information content (AvgIpc) is 1.82. The summed E-state index contributed by atoms with van der Waals surface area (Å²) in [6.07, 6.45) is 4.72. The van der Waals surface area contributed by atoms with Gasteiger partial charge in [-0.05, 0) is 0 Å². The molecule has 0 aromatic rings. The Labute approximate surface area is 63.1 Å². The Kier molecular flexibility index (Phi) is 4.07. The van der Waals surface area contributed by atoms with Crippen LogP contribution in [0.25, 0.3) is 0 Å². The standard InChI is InChI=1S/C6H6O2.Zn/c1-2-3-4-5-6(7)8;/h2-4H,1H2,(H,7,8);/b4-3-;. The van der Waals surface area contributed by atoms with Crippen LogP contribution in [0.2, 0.25) is 0 Å². The minimum atomic E-state index is -0.840. The van der Waals surface area contributed by atoms with Crippen LogP contribution in [0.4, 0.5) is 0 Å². The van der Waals surface area contributed by atoms with Crippen molar-refractivity contribution in [3.05, 3.63) is 24.8 Å². The predicted octanol–water partition coefficient (Wildman–Crippen LogP) is 0.532. The van der Waals surface area contributed by atoms with E-state index >= 15 is 0 Å². The summed E-state index contributed by atoms with van der Waals surface area (Å²) in [7, 11) is 0. The number of rotatable bonds is 3. The van der Waals surface area contributed by atoms with Crippen molar-refractivity contribution in [2.75, 3.05) is 0 Å². The molecular formula is C6H6O2Zn. The van der Waals surface area contributed by atoms with Crippen molar-refractivity contribution in [2.24, 2.45) is 0 Å². The van der Waals surface area contributed by atoms with Crippen molar-refractivity contribution in [1.82, 2.24) is 0 Å². The molecule has 0 aromatic carbocycles. The van der Waals surface area contributed by atoms with E-state index in [0.717, 1.165) is 0 Å². The van der Waals surface area contributed by atoms with E-state index in [4.69, 9.17) is 5.11 Å². The van der Waals surface area contributed by atoms with Gasteiger partial charge in [0.2, 0.25) is 0 Å². The Morgan fingerprint density at radius 1 is 1.67 bits per heavy atom. The summed E-state index contributed by atoms with van der Waals surface area (Å²) in [6.45, 7) is 3.41. The van der Waals surface area contributed by atoms with Crippen LogP contribution in [0, 0.1) is 0 Å². The van der Waals surface area contributed by atoms with Gasteiger partial charge in [0.15, 0.2) is 0 Å². The summed E-state index contributed by atoms with van der Waals surface area (Å²) >= 11 is 0.666. The first kappa shape index (κ1) is 8.44. The normalized spacial score (nSPS) is 9.56. The molecule has 0 spiro atoms. The molecule has 44 valence electrons. The molecule has 0 amide bonds. The van der Waals surface area contributed by atoms with Gasteiger partial charge in [-0.3, -0.25) is 0 Å². The Morgan fingerprint density at radius 3 is 2.56 bits per heavy atom. The predicted molar refractivity (Wildman–Crippen MR) is 32.0 cm³/mol. The fourth-order valence-corrected chi connectivity index (χ4v) is 0.541. The third-order valence-corrected chi connectivity index (χ3v) is 1.84. The molecule has 2 nitrogen and oxygen atoms in total. The monoisotopic (exact) mass is 174 g/mol. The molecule has 0 aliphatic heterocycles. The zero-order chi connectivity index (χ0) is 7.28. The van der Waals surface area contributed by atoms with E-state index in [2.05, 4.69) is 6.58 Å². The van der Waals surface area contributed by atoms with E-state index in [1.165, 1.54) is 0 Å². The van der Waals surface area contributed by atoms with Crippen molar-refractivity contribution in [3.63, 3.8) is 0 Å². The van der Waals surface area contributed by atoms with E-state index in [9.17, 15) is 4.79 Å². The quantitative estimate of drug-likeness (QED) is 0.502. The van der Waals surface area contributed by atoms with Gasteiger partial charge in [0, 0.05) is 0 Å². The van der Waals surface area contributed by atoms with Crippen LogP contribution in [-0.4, -0.2) is 15.2 Å². The number of hydrogen-bond acceptors (Lipinski definition) is 1. The number of hydrogen-bond donors (Lipinski definition) is 1. The van der Waals surface area contributed by atoms with E-state index < -0.39 is 5.97 Å². The summed E-state index contributed by atoms with van der Waals surface area (Å²) in [5.41, 5.74) is 0. The summed E-state index contributed by atoms with van der Waals surface area (Å²) < 4.78 is 0.440. The molecule has 0 saturated heterocycles. The molecule has 0 saturated carbocycles. The minimum absolute atomic E-state index is 0.440. The van der Waals surface area contributed by atoms with Crippen molar-refractivity contribution in [3.8, 4) is 0 Å². The molecule has 9 heavy (non-hydrogen) atoms. The zero-order valence-corrected chi connectivity index (χ0v) is 7.97. The number of allylic oxidation sites excluding steroid dienone is 2. The molecule has 0 aromatic heterocycles. The molecule has 0 unspecified atom stereocenters. The summed E-state index contributed by atoms with van der Waals surface area (Å²) in [4.78, 5) is 10.1. The molecule has 0 bridgehead atoms. The molecular weight excluding hydrogens is 169 g/mol. The van der Waals surface area contributed by atoms with Gasteiger partial charge in [-0.2, -0.15) is 0 Å². The van der Waals surface area contributed by atoms with E-state index in [1.807, 2.05) is 0 Å². The SMILES string of the molecule is C=C/C=C\[C](=[Zn])C(=O)O. The Balaban J connectivity index is 3.92. The third-order valence-electron chi connectivity index (χ3n) is 0.708. The van der Waals surface area contributed by atoms with Gasteiger partial charge < -0.3 is 0 Å². The second-order valence-electron chi connectivity index (χ2n) is 1.43. The van der Waals surface area contributed by atoms with Gasteiger partial charge in [0.1, 0.15) is 0 Å². The second kappa shape index (κ2) is 4.33. The first-order valence-corrected chi connectivity index (χ1v) is 3.88. The third kappa shape index (κ3) is 3.98. The summed E-state index contributed by atoms with van der Waals surface area (Å²) in [5, 5.41) is 8.32. The van der Waals surface area contributed by atoms with E-state index in [1.54, 1.807) is 18.2 Å². The van der Waals surface area contributed by atoms with Gasteiger partial charge in [0.05, 0.1) is 0 Å². The van der Waals surface area contributed by atoms with Crippen LogP contribution in [0.1, 0.15) is 0 Å². The molecule has 0 aliphatic carbocycles. The van der Waals surface area contributed by atoms with Crippen LogP contribution < -0.4 is 0 Å². The fraction of sp³-hybridized carbons (Fsp3) is 0. The first-order valence-electron chi connectivity index (χ1n) is 2.39. The maximum absolute atomic E-state index is 10.1. The maximum atomic E-state index is 10.1. The van der Waals surface area contributed by atoms with E-state index in [0.29, 0.717) is 22.0 Å². The van der Waals surface area contributed by atoms with Crippen LogP contribution in [0.5, 0.6) is 0 Å². The molecule has 0 rings (SSSR count). The van der Waals surface area contributed by atoms with E-state index in [-0.39, 0.29) is 0 Å². The first-order chi connectivity index (χ1) is 4.18. The molecule has 0 fully saturated rings. The second-order valence-corrected chi connectivity index (χ2v) is 3.02. The van der Waals surface area contributed by atoms with Crippen LogP contribution in [-0.2, 0) is 22.6 Å². The van der Waals surface area contributed by atoms with Crippen molar-refractivity contribution < 1.29 is 27.8 Å². The molecule has 0 atom stereocenters. The molecule has 0 heterocycles.